The number of pyridine rings is 1. The normalized spacial score (nSPS) is 13.6. The summed E-state index contributed by atoms with van der Waals surface area (Å²) in [6, 6.07) is 10.9. The van der Waals surface area contributed by atoms with E-state index < -0.39 is 0 Å². The third-order valence-electron chi connectivity index (χ3n) is 4.61. The number of carbonyl (C=O) groups excluding carboxylic acids is 1. The summed E-state index contributed by atoms with van der Waals surface area (Å²) < 4.78 is 8.19. The highest BCUT2D eigenvalue weighted by atomic mass is 16.5. The van der Waals surface area contributed by atoms with Gasteiger partial charge in [0.2, 0.25) is 0 Å². The van der Waals surface area contributed by atoms with Gasteiger partial charge in [-0.2, -0.15) is 5.10 Å². The van der Waals surface area contributed by atoms with E-state index in [0.29, 0.717) is 36.8 Å². The lowest BCUT2D eigenvalue weighted by Crippen LogP contribution is -2.44. The predicted molar refractivity (Wildman–Crippen MR) is 98.1 cm³/mol. The van der Waals surface area contributed by atoms with E-state index >= 15 is 0 Å². The Morgan fingerprint density at radius 3 is 2.74 bits per heavy atom. The lowest BCUT2D eigenvalue weighted by molar-refractivity contribution is 0.0686. The minimum absolute atomic E-state index is 0.164. The van der Waals surface area contributed by atoms with Crippen molar-refractivity contribution < 1.29 is 9.53 Å². The van der Waals surface area contributed by atoms with Gasteiger partial charge in [-0.25, -0.2) is 9.67 Å². The van der Waals surface area contributed by atoms with Gasteiger partial charge >= 0.3 is 0 Å². The molecule has 0 aliphatic carbocycles. The van der Waals surface area contributed by atoms with Gasteiger partial charge in [0.25, 0.3) is 11.5 Å². The van der Waals surface area contributed by atoms with Gasteiger partial charge in [0, 0.05) is 19.6 Å². The Labute approximate surface area is 155 Å². The molecule has 1 aliphatic rings. The number of methoxy groups -OCH3 is 1. The smallest absolute Gasteiger partial charge is 0.277 e. The molecule has 0 atom stereocenters. The molecule has 2 aromatic heterocycles. The topological polar surface area (TPSA) is 82.2 Å². The van der Waals surface area contributed by atoms with E-state index in [2.05, 4.69) is 10.1 Å². The lowest BCUT2D eigenvalue weighted by Gasteiger charge is -2.29. The first-order valence-corrected chi connectivity index (χ1v) is 8.61. The standard InChI is InChI=1S/C19H19N5O3/c1-13-20-12-24(21-13)17-7-6-16-18(25)22(8-9-23(16)19(17)26)11-14-4-3-5-15(10-14)27-2/h3-7,10,12H,8-9,11H2,1-2H3. The second-order valence-corrected chi connectivity index (χ2v) is 6.38. The largest absolute Gasteiger partial charge is 0.497 e. The summed E-state index contributed by atoms with van der Waals surface area (Å²) in [5, 5.41) is 4.18. The molecule has 8 heteroatoms. The molecule has 0 spiro atoms. The minimum atomic E-state index is -0.244. The van der Waals surface area contributed by atoms with Gasteiger partial charge in [0.05, 0.1) is 7.11 Å². The van der Waals surface area contributed by atoms with Crippen LogP contribution in [0.25, 0.3) is 5.69 Å². The third kappa shape index (κ3) is 3.10. The molecule has 0 radical (unpaired) electrons. The van der Waals surface area contributed by atoms with E-state index in [1.165, 1.54) is 15.6 Å². The molecule has 1 aliphatic heterocycles. The molecule has 0 N–H and O–H groups in total. The molecule has 0 bridgehead atoms. The number of fused-ring (bicyclic) bond motifs is 1. The number of aromatic nitrogens is 4. The van der Waals surface area contributed by atoms with Crippen molar-refractivity contribution in [3.05, 3.63) is 70.2 Å². The molecule has 0 fully saturated rings. The fourth-order valence-electron chi connectivity index (χ4n) is 3.24. The number of hydrogen-bond acceptors (Lipinski definition) is 5. The molecule has 138 valence electrons. The van der Waals surface area contributed by atoms with E-state index in [1.54, 1.807) is 31.1 Å². The van der Waals surface area contributed by atoms with Gasteiger partial charge < -0.3 is 14.2 Å². The molecule has 0 saturated heterocycles. The summed E-state index contributed by atoms with van der Waals surface area (Å²) in [4.78, 5) is 31.5. The molecule has 0 unspecified atom stereocenters. The predicted octanol–water partition coefficient (Wildman–Crippen LogP) is 1.40. The number of rotatable bonds is 4. The fraction of sp³-hybridized carbons (Fsp3) is 0.263. The minimum Gasteiger partial charge on any atom is -0.497 e. The van der Waals surface area contributed by atoms with E-state index in [4.69, 9.17) is 4.74 Å². The van der Waals surface area contributed by atoms with E-state index in [9.17, 15) is 9.59 Å². The van der Waals surface area contributed by atoms with Crippen LogP contribution in [0.3, 0.4) is 0 Å². The average Bonchev–Trinajstić information content (AvgIpc) is 3.11. The first-order valence-electron chi connectivity index (χ1n) is 8.61. The van der Waals surface area contributed by atoms with Gasteiger partial charge in [-0.3, -0.25) is 9.59 Å². The van der Waals surface area contributed by atoms with Crippen molar-refractivity contribution in [1.82, 2.24) is 24.2 Å². The number of ether oxygens (including phenoxy) is 1. The van der Waals surface area contributed by atoms with E-state index in [0.717, 1.165) is 11.3 Å². The summed E-state index contributed by atoms with van der Waals surface area (Å²) >= 11 is 0. The number of amides is 1. The number of aryl methyl sites for hydroxylation is 1. The van der Waals surface area contributed by atoms with Gasteiger partial charge in [-0.1, -0.05) is 12.1 Å². The molecule has 3 aromatic rings. The maximum absolute atomic E-state index is 12.9. The van der Waals surface area contributed by atoms with Crippen molar-refractivity contribution in [3.63, 3.8) is 0 Å². The van der Waals surface area contributed by atoms with Crippen molar-refractivity contribution in [2.75, 3.05) is 13.7 Å². The number of nitrogens with zero attached hydrogens (tertiary/aromatic N) is 5. The Hall–Kier alpha value is -3.42. The zero-order chi connectivity index (χ0) is 19.0. The molecule has 1 amide bonds. The quantitative estimate of drug-likeness (QED) is 0.698. The Morgan fingerprint density at radius 2 is 2.00 bits per heavy atom. The number of carbonyl (C=O) groups is 1. The molecule has 3 heterocycles. The maximum atomic E-state index is 12.9. The highest BCUT2D eigenvalue weighted by Crippen LogP contribution is 2.18. The van der Waals surface area contributed by atoms with Crippen LogP contribution in [0.1, 0.15) is 21.9 Å². The molecule has 4 rings (SSSR count). The van der Waals surface area contributed by atoms with Crippen LogP contribution in [0.2, 0.25) is 0 Å². The summed E-state index contributed by atoms with van der Waals surface area (Å²) in [6.07, 6.45) is 1.50. The molecule has 27 heavy (non-hydrogen) atoms. The third-order valence-corrected chi connectivity index (χ3v) is 4.61. The first-order chi connectivity index (χ1) is 13.1. The van der Waals surface area contributed by atoms with Crippen LogP contribution in [0, 0.1) is 6.92 Å². The SMILES string of the molecule is COc1cccc(CN2CCn3c(ccc(-n4cnc(C)n4)c3=O)C2=O)c1. The monoisotopic (exact) mass is 365 g/mol. The van der Waals surface area contributed by atoms with Crippen molar-refractivity contribution in [1.29, 1.82) is 0 Å². The second kappa shape index (κ2) is 6.71. The Balaban J connectivity index is 1.63. The zero-order valence-corrected chi connectivity index (χ0v) is 15.1. The Morgan fingerprint density at radius 1 is 1.15 bits per heavy atom. The van der Waals surface area contributed by atoms with E-state index in [-0.39, 0.29) is 11.5 Å². The van der Waals surface area contributed by atoms with Crippen LogP contribution in [0.5, 0.6) is 5.75 Å². The summed E-state index contributed by atoms with van der Waals surface area (Å²) in [7, 11) is 1.61. The van der Waals surface area contributed by atoms with Crippen LogP contribution in [-0.4, -0.2) is 43.8 Å². The highest BCUT2D eigenvalue weighted by Gasteiger charge is 2.26. The van der Waals surface area contributed by atoms with Crippen LogP contribution >= 0.6 is 0 Å². The molecule has 0 saturated carbocycles. The van der Waals surface area contributed by atoms with E-state index in [1.807, 2.05) is 24.3 Å². The van der Waals surface area contributed by atoms with Crippen LogP contribution in [0.15, 0.2) is 47.5 Å². The average molecular weight is 365 g/mol. The van der Waals surface area contributed by atoms with Crippen molar-refractivity contribution >= 4 is 5.91 Å². The first kappa shape index (κ1) is 17.0. The van der Waals surface area contributed by atoms with Gasteiger partial charge in [0.15, 0.2) is 0 Å². The van der Waals surface area contributed by atoms with Crippen LogP contribution in [0.4, 0.5) is 0 Å². The summed E-state index contributed by atoms with van der Waals surface area (Å²) in [6.45, 7) is 3.12. The fourth-order valence-corrected chi connectivity index (χ4v) is 3.24. The van der Waals surface area contributed by atoms with Crippen LogP contribution < -0.4 is 10.3 Å². The van der Waals surface area contributed by atoms with Crippen molar-refractivity contribution in [2.24, 2.45) is 0 Å². The number of benzene rings is 1. The molecule has 1 aromatic carbocycles. The Bertz CT molecular complexity index is 1070. The van der Waals surface area contributed by atoms with Gasteiger partial charge in [-0.05, 0) is 36.8 Å². The molecular weight excluding hydrogens is 346 g/mol. The maximum Gasteiger partial charge on any atom is 0.277 e. The van der Waals surface area contributed by atoms with Crippen molar-refractivity contribution in [2.45, 2.75) is 20.0 Å². The Kier molecular flexibility index (Phi) is 4.23. The molecule has 8 nitrogen and oxygen atoms in total. The summed E-state index contributed by atoms with van der Waals surface area (Å²) in [5.41, 5.74) is 1.50. The van der Waals surface area contributed by atoms with Gasteiger partial charge in [0.1, 0.15) is 29.3 Å². The highest BCUT2D eigenvalue weighted by molar-refractivity contribution is 5.93. The second-order valence-electron chi connectivity index (χ2n) is 6.38. The zero-order valence-electron chi connectivity index (χ0n) is 15.1. The van der Waals surface area contributed by atoms with Gasteiger partial charge in [-0.15, -0.1) is 0 Å². The number of hydrogen-bond donors (Lipinski definition) is 0. The van der Waals surface area contributed by atoms with Crippen LogP contribution in [-0.2, 0) is 13.1 Å². The molecular formula is C19H19N5O3. The lowest BCUT2D eigenvalue weighted by atomic mass is 10.1. The summed E-state index contributed by atoms with van der Waals surface area (Å²) in [5.74, 6) is 1.17. The van der Waals surface area contributed by atoms with Crippen molar-refractivity contribution in [3.8, 4) is 11.4 Å².